The van der Waals surface area contributed by atoms with E-state index in [-0.39, 0.29) is 17.5 Å². The molecule has 1 aliphatic rings. The molecule has 4 heterocycles. The lowest BCUT2D eigenvalue weighted by Crippen LogP contribution is -2.42. The number of carbonyl (C=O) groups is 1. The first kappa shape index (κ1) is 20.1. The minimum atomic E-state index is -0.105. The Morgan fingerprint density at radius 3 is 2.90 bits per heavy atom. The van der Waals surface area contributed by atoms with E-state index in [0.29, 0.717) is 30.4 Å². The van der Waals surface area contributed by atoms with Gasteiger partial charge in [-0.2, -0.15) is 10.1 Å². The van der Waals surface area contributed by atoms with Gasteiger partial charge in [-0.25, -0.2) is 4.98 Å². The van der Waals surface area contributed by atoms with E-state index < -0.39 is 0 Å². The summed E-state index contributed by atoms with van der Waals surface area (Å²) in [5.74, 6) is 1.16. The molecule has 0 aromatic carbocycles. The molecule has 1 saturated heterocycles. The van der Waals surface area contributed by atoms with Crippen LogP contribution in [-0.4, -0.2) is 48.2 Å². The molecule has 0 saturated carbocycles. The van der Waals surface area contributed by atoms with Gasteiger partial charge in [0.2, 0.25) is 11.9 Å². The summed E-state index contributed by atoms with van der Waals surface area (Å²) in [5, 5.41) is 8.36. The van der Waals surface area contributed by atoms with Crippen LogP contribution in [0.5, 0.6) is 0 Å². The van der Waals surface area contributed by atoms with Gasteiger partial charge >= 0.3 is 0 Å². The Hall–Kier alpha value is -3.23. The molecule has 0 radical (unpaired) electrons. The summed E-state index contributed by atoms with van der Waals surface area (Å²) in [6, 6.07) is 3.38. The summed E-state index contributed by atoms with van der Waals surface area (Å²) < 4.78 is 3.54. The zero-order chi connectivity index (χ0) is 21.3. The van der Waals surface area contributed by atoms with Crippen LogP contribution in [0.15, 0.2) is 29.3 Å². The number of likely N-dealkylation sites (tertiary alicyclic amines) is 1. The summed E-state index contributed by atoms with van der Waals surface area (Å²) in [4.78, 5) is 36.1. The van der Waals surface area contributed by atoms with E-state index in [2.05, 4.69) is 20.4 Å². The van der Waals surface area contributed by atoms with Crippen LogP contribution in [0, 0.1) is 6.92 Å². The quantitative estimate of drug-likeness (QED) is 0.696. The molecule has 0 aliphatic carbocycles. The van der Waals surface area contributed by atoms with Gasteiger partial charge in [0.05, 0.1) is 6.04 Å². The largest absolute Gasteiger partial charge is 0.341 e. The molecule has 1 aliphatic heterocycles. The van der Waals surface area contributed by atoms with Gasteiger partial charge in [0.15, 0.2) is 5.82 Å². The molecule has 1 N–H and O–H groups in total. The second-order valence-corrected chi connectivity index (χ2v) is 7.64. The van der Waals surface area contributed by atoms with Crippen LogP contribution >= 0.6 is 0 Å². The second-order valence-electron chi connectivity index (χ2n) is 7.64. The van der Waals surface area contributed by atoms with Crippen LogP contribution in [0.4, 0.5) is 11.8 Å². The van der Waals surface area contributed by atoms with E-state index in [1.807, 2.05) is 42.6 Å². The SMILES string of the molecule is CCC(=O)N1CCC[C@@H](n2c(=O)cc(C)c3cnc(Nc4ccn(CC)n4)nc32)C1. The fraction of sp³-hybridized carbons (Fsp3) is 0.476. The van der Waals surface area contributed by atoms with E-state index in [4.69, 9.17) is 0 Å². The zero-order valence-corrected chi connectivity index (χ0v) is 17.6. The minimum Gasteiger partial charge on any atom is -0.341 e. The third-order valence-corrected chi connectivity index (χ3v) is 5.62. The van der Waals surface area contributed by atoms with Crippen LogP contribution in [0.25, 0.3) is 11.0 Å². The molecule has 0 unspecified atom stereocenters. The van der Waals surface area contributed by atoms with Gasteiger partial charge < -0.3 is 10.2 Å². The Morgan fingerprint density at radius 2 is 2.17 bits per heavy atom. The van der Waals surface area contributed by atoms with E-state index in [1.54, 1.807) is 16.8 Å². The van der Waals surface area contributed by atoms with Crippen molar-refractivity contribution in [2.24, 2.45) is 0 Å². The normalized spacial score (nSPS) is 16.8. The highest BCUT2D eigenvalue weighted by Crippen LogP contribution is 2.25. The lowest BCUT2D eigenvalue weighted by atomic mass is 10.0. The highest BCUT2D eigenvalue weighted by molar-refractivity contribution is 5.79. The van der Waals surface area contributed by atoms with Crippen molar-refractivity contribution in [3.63, 3.8) is 0 Å². The number of anilines is 2. The Balaban J connectivity index is 1.74. The van der Waals surface area contributed by atoms with Gasteiger partial charge in [-0.15, -0.1) is 0 Å². The van der Waals surface area contributed by atoms with Crippen molar-refractivity contribution in [3.8, 4) is 0 Å². The average Bonchev–Trinajstić information content (AvgIpc) is 3.20. The van der Waals surface area contributed by atoms with Crippen molar-refractivity contribution in [1.29, 1.82) is 0 Å². The summed E-state index contributed by atoms with van der Waals surface area (Å²) in [6.45, 7) is 7.81. The zero-order valence-electron chi connectivity index (χ0n) is 17.6. The third-order valence-electron chi connectivity index (χ3n) is 5.62. The number of amides is 1. The van der Waals surface area contributed by atoms with Crippen LogP contribution in [0.2, 0.25) is 0 Å². The molecule has 30 heavy (non-hydrogen) atoms. The highest BCUT2D eigenvalue weighted by Gasteiger charge is 2.26. The van der Waals surface area contributed by atoms with Gasteiger partial charge in [0.1, 0.15) is 5.65 Å². The Morgan fingerprint density at radius 1 is 1.33 bits per heavy atom. The smallest absolute Gasteiger partial charge is 0.252 e. The Bertz CT molecular complexity index is 1130. The lowest BCUT2D eigenvalue weighted by molar-refractivity contribution is -0.132. The van der Waals surface area contributed by atoms with E-state index in [1.165, 1.54) is 0 Å². The second kappa shape index (κ2) is 8.25. The van der Waals surface area contributed by atoms with Crippen molar-refractivity contribution in [2.75, 3.05) is 18.4 Å². The van der Waals surface area contributed by atoms with Crippen molar-refractivity contribution < 1.29 is 4.79 Å². The number of aromatic nitrogens is 5. The average molecular weight is 409 g/mol. The van der Waals surface area contributed by atoms with Gasteiger partial charge in [-0.3, -0.25) is 18.8 Å². The molecule has 4 rings (SSSR count). The molecule has 9 heteroatoms. The third kappa shape index (κ3) is 3.79. The summed E-state index contributed by atoms with van der Waals surface area (Å²) >= 11 is 0. The number of hydrogen-bond donors (Lipinski definition) is 1. The number of rotatable bonds is 5. The number of aryl methyl sites for hydroxylation is 2. The molecule has 3 aromatic rings. The molecule has 1 amide bonds. The number of piperidine rings is 1. The Kier molecular flexibility index (Phi) is 5.52. The fourth-order valence-electron chi connectivity index (χ4n) is 4.02. The van der Waals surface area contributed by atoms with Crippen molar-refractivity contribution in [3.05, 3.63) is 40.4 Å². The maximum atomic E-state index is 13.0. The highest BCUT2D eigenvalue weighted by atomic mass is 16.2. The standard InChI is InChI=1S/C21H27N7O2/c1-4-18(29)26-9-6-7-15(13-26)28-19(30)11-14(3)16-12-22-21(24-20(16)28)23-17-8-10-27(5-2)25-17/h8,10-12,15H,4-7,9,13H2,1-3H3,(H,22,23,24,25)/t15-/m1/s1. The molecule has 1 fully saturated rings. The predicted molar refractivity (Wildman–Crippen MR) is 115 cm³/mol. The first-order valence-corrected chi connectivity index (χ1v) is 10.5. The minimum absolute atomic E-state index is 0.101. The van der Waals surface area contributed by atoms with E-state index in [0.717, 1.165) is 36.9 Å². The topological polar surface area (TPSA) is 97.9 Å². The molecule has 0 bridgehead atoms. The van der Waals surface area contributed by atoms with Crippen LogP contribution in [-0.2, 0) is 11.3 Å². The van der Waals surface area contributed by atoms with E-state index in [9.17, 15) is 9.59 Å². The fourth-order valence-corrected chi connectivity index (χ4v) is 4.02. The molecule has 158 valence electrons. The first-order chi connectivity index (χ1) is 14.5. The van der Waals surface area contributed by atoms with Crippen molar-refractivity contribution in [2.45, 2.75) is 52.6 Å². The monoisotopic (exact) mass is 409 g/mol. The summed E-state index contributed by atoms with van der Waals surface area (Å²) in [6.07, 6.45) is 5.79. The molecule has 3 aromatic heterocycles. The van der Waals surface area contributed by atoms with Crippen molar-refractivity contribution >= 4 is 28.7 Å². The molecular weight excluding hydrogens is 382 g/mol. The van der Waals surface area contributed by atoms with Crippen LogP contribution < -0.4 is 10.9 Å². The molecule has 1 atom stereocenters. The lowest BCUT2D eigenvalue weighted by Gasteiger charge is -2.34. The van der Waals surface area contributed by atoms with E-state index >= 15 is 0 Å². The number of carbonyl (C=O) groups excluding carboxylic acids is 1. The number of fused-ring (bicyclic) bond motifs is 1. The summed E-state index contributed by atoms with van der Waals surface area (Å²) in [7, 11) is 0. The molecule has 0 spiro atoms. The Labute approximate surface area is 174 Å². The predicted octanol–water partition coefficient (Wildman–Crippen LogP) is 2.63. The van der Waals surface area contributed by atoms with Gasteiger partial charge in [0, 0.05) is 56.0 Å². The number of pyridine rings is 1. The molecule has 9 nitrogen and oxygen atoms in total. The van der Waals surface area contributed by atoms with Gasteiger partial charge in [-0.1, -0.05) is 6.92 Å². The van der Waals surface area contributed by atoms with Crippen LogP contribution in [0.3, 0.4) is 0 Å². The maximum absolute atomic E-state index is 13.0. The first-order valence-electron chi connectivity index (χ1n) is 10.5. The van der Waals surface area contributed by atoms with Gasteiger partial charge in [0.25, 0.3) is 5.56 Å². The van der Waals surface area contributed by atoms with Gasteiger partial charge in [-0.05, 0) is 32.3 Å². The van der Waals surface area contributed by atoms with Crippen LogP contribution in [0.1, 0.15) is 44.7 Å². The number of nitrogens with one attached hydrogen (secondary N) is 1. The number of nitrogens with zero attached hydrogens (tertiary/aromatic N) is 6. The van der Waals surface area contributed by atoms with Crippen molar-refractivity contribution in [1.82, 2.24) is 29.2 Å². The number of hydrogen-bond acceptors (Lipinski definition) is 6. The summed E-state index contributed by atoms with van der Waals surface area (Å²) in [5.41, 5.74) is 1.32. The maximum Gasteiger partial charge on any atom is 0.252 e. The molecular formula is C21H27N7O2.